The molecule has 41 heavy (non-hydrogen) atoms. The molecule has 0 aromatic heterocycles. The maximum atomic E-state index is 5.86. The molecule has 256 valence electrons. The van der Waals surface area contributed by atoms with Gasteiger partial charge in [0, 0.05) is 49.5 Å². The van der Waals surface area contributed by atoms with Crippen LogP contribution in [-0.2, 0) is 55.2 Å². The quantitative estimate of drug-likeness (QED) is 0.173. The maximum Gasteiger partial charge on any atom is 0.350 e. The third-order valence-corrected chi connectivity index (χ3v) is 25.5. The Kier molecular flexibility index (Phi) is 28.6. The molecule has 2 atom stereocenters. The first-order valence-corrected chi connectivity index (χ1v) is 37.7. The summed E-state index contributed by atoms with van der Waals surface area (Å²) in [5, 5.41) is 0. The van der Waals surface area contributed by atoms with Gasteiger partial charge in [0.05, 0.1) is 0 Å². The van der Waals surface area contributed by atoms with Crippen molar-refractivity contribution >= 4 is 68.2 Å². The van der Waals surface area contributed by atoms with Crippen LogP contribution in [0, 0.1) is 0 Å². The van der Waals surface area contributed by atoms with Gasteiger partial charge in [0.25, 0.3) is 0 Å². The van der Waals surface area contributed by atoms with Crippen LogP contribution >= 0.6 is 0 Å². The van der Waals surface area contributed by atoms with Gasteiger partial charge in [-0.25, -0.2) is 0 Å². The first kappa shape index (κ1) is 52.4. The van der Waals surface area contributed by atoms with Crippen molar-refractivity contribution in [3.63, 3.8) is 0 Å². The van der Waals surface area contributed by atoms with E-state index in [9.17, 15) is 0 Å². The van der Waals surface area contributed by atoms with Gasteiger partial charge in [-0.1, -0.05) is 5.70 Å². The number of hydrogen-bond donors (Lipinski definition) is 0. The van der Waals surface area contributed by atoms with E-state index in [1.165, 1.54) is 0 Å². The minimum Gasteiger partial charge on any atom is -0.438 e. The zero-order valence-electron chi connectivity index (χ0n) is 30.9. The van der Waals surface area contributed by atoms with Crippen molar-refractivity contribution in [2.24, 2.45) is 0 Å². The maximum absolute atomic E-state index is 5.86. The Morgan fingerprint density at radius 2 is 0.780 bits per heavy atom. The molecule has 0 aliphatic heterocycles. The number of rotatable bonds is 13. The van der Waals surface area contributed by atoms with Gasteiger partial charge in [-0.15, -0.1) is 6.58 Å². The minimum atomic E-state index is -2.01. The summed E-state index contributed by atoms with van der Waals surface area (Å²) >= 11 is 0. The van der Waals surface area contributed by atoms with Gasteiger partial charge in [-0.05, 0) is 118 Å². The third-order valence-electron chi connectivity index (χ3n) is 4.22. The van der Waals surface area contributed by atoms with E-state index in [0.717, 1.165) is 0 Å². The van der Waals surface area contributed by atoms with E-state index in [1.54, 1.807) is 28.4 Å². The topological polar surface area (TPSA) is 73.8 Å². The summed E-state index contributed by atoms with van der Waals surface area (Å²) in [6.07, 6.45) is 0. The van der Waals surface area contributed by atoms with E-state index >= 15 is 0 Å². The SMILES string of the molecule is C=C[Si](C)(OC)O[Si](C)(C)C.CO[SiH](C)O[Si](C)(C)C.CO[Si](C)(C)O[Si](C)(C)C.CO[Si](C)(C)O[Si](C)(C)C.[Pt]. The van der Waals surface area contributed by atoms with Crippen LogP contribution < -0.4 is 0 Å². The van der Waals surface area contributed by atoms with E-state index in [-0.39, 0.29) is 21.1 Å². The van der Waals surface area contributed by atoms with Gasteiger partial charge in [0.15, 0.2) is 33.3 Å². The van der Waals surface area contributed by atoms with Gasteiger partial charge in [0.2, 0.25) is 0 Å². The van der Waals surface area contributed by atoms with E-state index in [0.29, 0.717) is 0 Å². The molecule has 0 bridgehead atoms. The zero-order valence-corrected chi connectivity index (χ0v) is 41.4. The summed E-state index contributed by atoms with van der Waals surface area (Å²) < 4.78 is 44.1. The summed E-state index contributed by atoms with van der Waals surface area (Å²) in [6, 6.07) is 0. The van der Waals surface area contributed by atoms with Crippen LogP contribution in [-0.4, -0.2) is 96.7 Å². The summed E-state index contributed by atoms with van der Waals surface area (Å²) in [7, 11) is -5.42. The van der Waals surface area contributed by atoms with Crippen molar-refractivity contribution in [2.75, 3.05) is 28.4 Å². The minimum absolute atomic E-state index is 0. The third kappa shape index (κ3) is 44.0. The van der Waals surface area contributed by atoms with Crippen LogP contribution in [0.2, 0.25) is 118 Å². The zero-order chi connectivity index (χ0) is 33.4. The van der Waals surface area contributed by atoms with Gasteiger partial charge < -0.3 is 34.2 Å². The van der Waals surface area contributed by atoms with Crippen LogP contribution in [0.5, 0.6) is 0 Å². The Morgan fingerprint density at radius 1 is 0.488 bits per heavy atom. The fourth-order valence-corrected chi connectivity index (χ4v) is 25.4. The van der Waals surface area contributed by atoms with Crippen molar-refractivity contribution < 1.29 is 55.2 Å². The molecular formula is C24H70O8PtSi8. The average molecular weight is 907 g/mol. The fourth-order valence-electron chi connectivity index (χ4n) is 2.88. The molecule has 0 fully saturated rings. The van der Waals surface area contributed by atoms with Crippen molar-refractivity contribution in [1.29, 1.82) is 0 Å². The second-order valence-corrected chi connectivity index (χ2v) is 45.5. The molecule has 0 rings (SSSR count). The summed E-state index contributed by atoms with van der Waals surface area (Å²) in [4.78, 5) is 0. The monoisotopic (exact) mass is 905 g/mol. The van der Waals surface area contributed by atoms with Gasteiger partial charge >= 0.3 is 35.0 Å². The van der Waals surface area contributed by atoms with Crippen LogP contribution in [0.1, 0.15) is 0 Å². The van der Waals surface area contributed by atoms with Crippen LogP contribution in [0.15, 0.2) is 12.3 Å². The summed E-state index contributed by atoms with van der Waals surface area (Å²) in [6.45, 7) is 42.2. The Labute approximate surface area is 280 Å². The molecule has 8 nitrogen and oxygen atoms in total. The first-order valence-electron chi connectivity index (χ1n) is 13.9. The summed E-state index contributed by atoms with van der Waals surface area (Å²) in [5.41, 5.74) is 1.82. The molecule has 0 aromatic rings. The largest absolute Gasteiger partial charge is 0.438 e. The molecule has 17 heteroatoms. The standard InChI is InChI=1S/C7H18O2Si2.2C6H18O2Si2.C5H16O2Si2.Pt/c1-7-11(6,8-2)9-10(3,4)5;2*1-7-10(5,6)8-9(2,3)4;1-6-8(2)7-9(3,4)5;/h7H,1H2,2-6H3;2*1-6H3;8H,1-5H3;. The van der Waals surface area contributed by atoms with Crippen LogP contribution in [0.4, 0.5) is 0 Å². The molecule has 0 saturated carbocycles. The van der Waals surface area contributed by atoms with E-state index < -0.39 is 68.2 Å². The Morgan fingerprint density at radius 3 is 0.854 bits per heavy atom. The van der Waals surface area contributed by atoms with Crippen molar-refractivity contribution in [2.45, 2.75) is 118 Å². The molecule has 0 amide bonds. The Bertz CT molecular complexity index is 636. The second kappa shape index (κ2) is 22.4. The normalized spacial score (nSPS) is 14.9. The summed E-state index contributed by atoms with van der Waals surface area (Å²) in [5.74, 6) is 0. The van der Waals surface area contributed by atoms with Crippen LogP contribution in [0.3, 0.4) is 0 Å². The first-order chi connectivity index (χ1) is 17.3. The predicted molar refractivity (Wildman–Crippen MR) is 196 cm³/mol. The Hall–Kier alpha value is 1.84. The number of hydrogen-bond acceptors (Lipinski definition) is 8. The average Bonchev–Trinajstić information content (AvgIpc) is 2.69. The molecule has 0 saturated heterocycles. The Balaban J connectivity index is -0.000000140. The van der Waals surface area contributed by atoms with E-state index in [1.807, 2.05) is 12.2 Å². The van der Waals surface area contributed by atoms with Gasteiger partial charge in [-0.2, -0.15) is 0 Å². The molecule has 0 heterocycles. The molecule has 0 radical (unpaired) electrons. The van der Waals surface area contributed by atoms with Crippen molar-refractivity contribution in [3.8, 4) is 0 Å². The van der Waals surface area contributed by atoms with Gasteiger partial charge in [-0.3, -0.25) is 0 Å². The van der Waals surface area contributed by atoms with Crippen molar-refractivity contribution in [3.05, 3.63) is 12.3 Å². The molecule has 2 unspecified atom stereocenters. The molecule has 0 aliphatic rings. The van der Waals surface area contributed by atoms with E-state index in [2.05, 4.69) is 118 Å². The molecule has 0 spiro atoms. The molecule has 0 aromatic carbocycles. The predicted octanol–water partition coefficient (Wildman–Crippen LogP) is 7.99. The molecule has 0 N–H and O–H groups in total. The smallest absolute Gasteiger partial charge is 0.350 e. The van der Waals surface area contributed by atoms with E-state index in [4.69, 9.17) is 34.2 Å². The second-order valence-electron chi connectivity index (χ2n) is 14.3. The fraction of sp³-hybridized carbons (Fsp3) is 0.917. The van der Waals surface area contributed by atoms with Crippen molar-refractivity contribution in [1.82, 2.24) is 0 Å². The molecule has 0 aliphatic carbocycles. The van der Waals surface area contributed by atoms with Crippen LogP contribution in [0.25, 0.3) is 0 Å². The molecular weight excluding hydrogens is 836 g/mol. The van der Waals surface area contributed by atoms with Gasteiger partial charge in [0.1, 0.15) is 0 Å².